The lowest BCUT2D eigenvalue weighted by molar-refractivity contribution is 0.0949. The monoisotopic (exact) mass is 391 g/mol. The van der Waals surface area contributed by atoms with Crippen LogP contribution in [0.25, 0.3) is 10.9 Å². The molecular weight excluding hydrogens is 374 g/mol. The van der Waals surface area contributed by atoms with Crippen molar-refractivity contribution in [3.8, 4) is 0 Å². The van der Waals surface area contributed by atoms with Crippen LogP contribution in [0.2, 0.25) is 5.02 Å². The minimum atomic E-state index is -0.246. The molecule has 0 aliphatic heterocycles. The van der Waals surface area contributed by atoms with Gasteiger partial charge in [0.05, 0.1) is 10.7 Å². The van der Waals surface area contributed by atoms with Crippen molar-refractivity contribution < 1.29 is 4.79 Å². The highest BCUT2D eigenvalue weighted by Gasteiger charge is 2.10. The van der Waals surface area contributed by atoms with Gasteiger partial charge in [-0.1, -0.05) is 41.9 Å². The highest BCUT2D eigenvalue weighted by molar-refractivity contribution is 6.33. The second kappa shape index (κ2) is 8.10. The first kappa shape index (κ1) is 18.0. The summed E-state index contributed by atoms with van der Waals surface area (Å²) in [6.45, 7) is 0.512. The number of halogens is 1. The van der Waals surface area contributed by atoms with Gasteiger partial charge in [0, 0.05) is 29.8 Å². The van der Waals surface area contributed by atoms with Crippen molar-refractivity contribution in [1.82, 2.24) is 20.3 Å². The molecule has 2 heterocycles. The molecule has 0 aliphatic rings. The van der Waals surface area contributed by atoms with Gasteiger partial charge >= 0.3 is 0 Å². The Balaban J connectivity index is 1.39. The molecule has 1 amide bonds. The number of hydrogen-bond acceptors (Lipinski definition) is 4. The van der Waals surface area contributed by atoms with E-state index in [0.717, 1.165) is 11.9 Å². The van der Waals surface area contributed by atoms with E-state index in [0.29, 0.717) is 28.9 Å². The van der Waals surface area contributed by atoms with Gasteiger partial charge in [-0.3, -0.25) is 4.79 Å². The van der Waals surface area contributed by atoms with Crippen LogP contribution in [-0.4, -0.2) is 27.4 Å². The van der Waals surface area contributed by atoms with E-state index in [2.05, 4.69) is 31.7 Å². The number of benzene rings is 2. The standard InChI is InChI=1S/C21H18ClN5O/c22-16-6-2-4-8-18(16)26-21-24-12-10-19(27-21)20(28)23-11-9-14-13-25-17-7-3-1-5-15(14)17/h1-8,10,12-13,25H,9,11H2,(H,23,28)(H,24,26,27). The van der Waals surface area contributed by atoms with E-state index in [9.17, 15) is 4.79 Å². The fraction of sp³-hybridized carbons (Fsp3) is 0.0952. The van der Waals surface area contributed by atoms with Crippen LogP contribution in [-0.2, 0) is 6.42 Å². The molecule has 2 aromatic carbocycles. The van der Waals surface area contributed by atoms with Crippen molar-refractivity contribution in [3.05, 3.63) is 83.3 Å². The predicted molar refractivity (Wildman–Crippen MR) is 111 cm³/mol. The van der Waals surface area contributed by atoms with E-state index in [-0.39, 0.29) is 5.91 Å². The zero-order valence-corrected chi connectivity index (χ0v) is 15.7. The third-order valence-electron chi connectivity index (χ3n) is 4.36. The van der Waals surface area contributed by atoms with Crippen molar-refractivity contribution in [2.45, 2.75) is 6.42 Å². The Morgan fingerprint density at radius 3 is 2.79 bits per heavy atom. The molecule has 0 saturated heterocycles. The lowest BCUT2D eigenvalue weighted by Gasteiger charge is -2.08. The molecule has 3 N–H and O–H groups in total. The number of nitrogens with one attached hydrogen (secondary N) is 3. The summed E-state index contributed by atoms with van der Waals surface area (Å²) in [7, 11) is 0. The van der Waals surface area contributed by atoms with E-state index in [4.69, 9.17) is 11.6 Å². The zero-order valence-electron chi connectivity index (χ0n) is 14.9. The molecule has 0 atom stereocenters. The maximum Gasteiger partial charge on any atom is 0.270 e. The van der Waals surface area contributed by atoms with Gasteiger partial charge in [0.15, 0.2) is 0 Å². The van der Waals surface area contributed by atoms with Gasteiger partial charge < -0.3 is 15.6 Å². The maximum absolute atomic E-state index is 12.4. The average Bonchev–Trinajstić information content (AvgIpc) is 3.13. The maximum atomic E-state index is 12.4. The summed E-state index contributed by atoms with van der Waals surface area (Å²) >= 11 is 6.14. The van der Waals surface area contributed by atoms with E-state index in [1.165, 1.54) is 10.9 Å². The number of carbonyl (C=O) groups excluding carboxylic acids is 1. The van der Waals surface area contributed by atoms with Crippen molar-refractivity contribution in [1.29, 1.82) is 0 Å². The number of amides is 1. The second-order valence-corrected chi connectivity index (χ2v) is 6.64. The quantitative estimate of drug-likeness (QED) is 0.457. The summed E-state index contributed by atoms with van der Waals surface area (Å²) in [5.74, 6) is 0.0711. The lowest BCUT2D eigenvalue weighted by atomic mass is 10.1. The van der Waals surface area contributed by atoms with Gasteiger partial charge in [0.2, 0.25) is 5.95 Å². The number of fused-ring (bicyclic) bond motifs is 1. The number of H-pyrrole nitrogens is 1. The number of carbonyl (C=O) groups is 1. The van der Waals surface area contributed by atoms with Crippen molar-refractivity contribution in [2.24, 2.45) is 0 Å². The smallest absolute Gasteiger partial charge is 0.270 e. The Morgan fingerprint density at radius 2 is 1.89 bits per heavy atom. The number of anilines is 2. The fourth-order valence-electron chi connectivity index (χ4n) is 2.97. The van der Waals surface area contributed by atoms with Crippen LogP contribution in [0.15, 0.2) is 67.0 Å². The molecule has 0 radical (unpaired) electrons. The topological polar surface area (TPSA) is 82.7 Å². The van der Waals surface area contributed by atoms with Crippen LogP contribution in [0.4, 0.5) is 11.6 Å². The molecule has 28 heavy (non-hydrogen) atoms. The molecule has 7 heteroatoms. The predicted octanol–water partition coefficient (Wildman–Crippen LogP) is 4.33. The van der Waals surface area contributed by atoms with Crippen LogP contribution in [0.3, 0.4) is 0 Å². The second-order valence-electron chi connectivity index (χ2n) is 6.24. The summed E-state index contributed by atoms with van der Waals surface area (Å²) in [6.07, 6.45) is 4.25. The summed E-state index contributed by atoms with van der Waals surface area (Å²) in [4.78, 5) is 24.1. The zero-order chi connectivity index (χ0) is 19.3. The summed E-state index contributed by atoms with van der Waals surface area (Å²) in [5.41, 5.74) is 3.24. The Hall–Kier alpha value is -3.38. The highest BCUT2D eigenvalue weighted by atomic mass is 35.5. The third-order valence-corrected chi connectivity index (χ3v) is 4.69. The molecule has 140 valence electrons. The molecule has 0 saturated carbocycles. The van der Waals surface area contributed by atoms with Crippen LogP contribution in [0.1, 0.15) is 16.1 Å². The molecule has 4 rings (SSSR count). The molecule has 0 bridgehead atoms. The van der Waals surface area contributed by atoms with Crippen molar-refractivity contribution in [3.63, 3.8) is 0 Å². The lowest BCUT2D eigenvalue weighted by Crippen LogP contribution is -2.26. The first-order valence-corrected chi connectivity index (χ1v) is 9.26. The first-order chi connectivity index (χ1) is 13.7. The number of aromatic amines is 1. The SMILES string of the molecule is O=C(NCCc1c[nH]c2ccccc12)c1ccnc(Nc2ccccc2Cl)n1. The first-order valence-electron chi connectivity index (χ1n) is 8.88. The fourth-order valence-corrected chi connectivity index (χ4v) is 3.15. The largest absolute Gasteiger partial charge is 0.361 e. The van der Waals surface area contributed by atoms with E-state index >= 15 is 0 Å². The number of para-hydroxylation sites is 2. The van der Waals surface area contributed by atoms with Crippen molar-refractivity contribution in [2.75, 3.05) is 11.9 Å². The van der Waals surface area contributed by atoms with Crippen LogP contribution in [0, 0.1) is 0 Å². The van der Waals surface area contributed by atoms with Gasteiger partial charge in [-0.25, -0.2) is 9.97 Å². The molecule has 0 fully saturated rings. The van der Waals surface area contributed by atoms with E-state index in [1.54, 1.807) is 18.3 Å². The molecular formula is C21H18ClN5O. The summed E-state index contributed by atoms with van der Waals surface area (Å²) in [5, 5.41) is 7.66. The number of rotatable bonds is 6. The minimum Gasteiger partial charge on any atom is -0.361 e. The average molecular weight is 392 g/mol. The molecule has 6 nitrogen and oxygen atoms in total. The Morgan fingerprint density at radius 1 is 1.07 bits per heavy atom. The van der Waals surface area contributed by atoms with E-state index < -0.39 is 0 Å². The van der Waals surface area contributed by atoms with Gasteiger partial charge in [-0.2, -0.15) is 0 Å². The molecule has 0 spiro atoms. The number of nitrogens with zero attached hydrogens (tertiary/aromatic N) is 2. The Bertz CT molecular complexity index is 1120. The van der Waals surface area contributed by atoms with Crippen LogP contribution < -0.4 is 10.6 Å². The minimum absolute atomic E-state index is 0.246. The van der Waals surface area contributed by atoms with Gasteiger partial charge in [-0.05, 0) is 36.2 Å². The molecule has 2 aromatic heterocycles. The summed E-state index contributed by atoms with van der Waals surface area (Å²) in [6, 6.07) is 17.0. The van der Waals surface area contributed by atoms with Crippen LogP contribution >= 0.6 is 11.6 Å². The molecule has 4 aromatic rings. The number of hydrogen-bond donors (Lipinski definition) is 3. The van der Waals surface area contributed by atoms with E-state index in [1.807, 2.05) is 42.6 Å². The Kier molecular flexibility index (Phi) is 5.21. The number of aromatic nitrogens is 3. The Labute approximate surface area is 167 Å². The van der Waals surface area contributed by atoms with Gasteiger partial charge in [0.25, 0.3) is 5.91 Å². The molecule has 0 aliphatic carbocycles. The van der Waals surface area contributed by atoms with Gasteiger partial charge in [0.1, 0.15) is 5.69 Å². The van der Waals surface area contributed by atoms with Crippen molar-refractivity contribution >= 4 is 40.0 Å². The highest BCUT2D eigenvalue weighted by Crippen LogP contribution is 2.23. The summed E-state index contributed by atoms with van der Waals surface area (Å²) < 4.78 is 0. The van der Waals surface area contributed by atoms with Gasteiger partial charge in [-0.15, -0.1) is 0 Å². The normalized spacial score (nSPS) is 10.8. The molecule has 0 unspecified atom stereocenters. The van der Waals surface area contributed by atoms with Crippen LogP contribution in [0.5, 0.6) is 0 Å². The third kappa shape index (κ3) is 3.97.